The number of anilines is 1. The van der Waals surface area contributed by atoms with Gasteiger partial charge in [-0.1, -0.05) is 12.1 Å². The van der Waals surface area contributed by atoms with Gasteiger partial charge in [0.2, 0.25) is 0 Å². The Hall–Kier alpha value is -1.85. The Balaban J connectivity index is 1.72. The summed E-state index contributed by atoms with van der Waals surface area (Å²) in [7, 11) is 0. The molecule has 6 nitrogen and oxygen atoms in total. The van der Waals surface area contributed by atoms with Crippen LogP contribution in [-0.2, 0) is 14.3 Å². The van der Waals surface area contributed by atoms with E-state index < -0.39 is 5.91 Å². The normalized spacial score (nSPS) is 22.0. The molecule has 1 amide bonds. The molecule has 0 saturated heterocycles. The molecule has 0 spiro atoms. The summed E-state index contributed by atoms with van der Waals surface area (Å²) in [5.41, 5.74) is 0. The molecule has 17 heavy (non-hydrogen) atoms. The van der Waals surface area contributed by atoms with Gasteiger partial charge >= 0.3 is 5.97 Å². The van der Waals surface area contributed by atoms with Crippen LogP contribution in [0.15, 0.2) is 10.6 Å². The summed E-state index contributed by atoms with van der Waals surface area (Å²) in [6.45, 7) is 3.41. The minimum Gasteiger partial charge on any atom is -0.455 e. The number of amides is 1. The first-order valence-corrected chi connectivity index (χ1v) is 5.46. The molecule has 0 bridgehead atoms. The first-order chi connectivity index (χ1) is 8.06. The Morgan fingerprint density at radius 1 is 1.65 bits per heavy atom. The zero-order valence-corrected chi connectivity index (χ0v) is 9.73. The maximum Gasteiger partial charge on any atom is 0.309 e. The van der Waals surface area contributed by atoms with E-state index >= 15 is 0 Å². The standard InChI is InChI=1S/C11H14N2O4/c1-6-3-8(6)11(15)16-5-10(14)12-9-4-7(2)17-13-9/h4,6,8H,3,5H2,1-2H3,(H,12,13,14)/t6-,8+/m1/s1. The number of aryl methyl sites for hydroxylation is 1. The lowest BCUT2D eigenvalue weighted by Gasteiger charge is -2.03. The molecule has 2 atom stereocenters. The summed E-state index contributed by atoms with van der Waals surface area (Å²) >= 11 is 0. The second kappa shape index (κ2) is 4.57. The third-order valence-electron chi connectivity index (χ3n) is 2.65. The smallest absolute Gasteiger partial charge is 0.309 e. The van der Waals surface area contributed by atoms with Crippen LogP contribution in [0, 0.1) is 18.8 Å². The van der Waals surface area contributed by atoms with Crippen molar-refractivity contribution < 1.29 is 18.8 Å². The van der Waals surface area contributed by atoms with Crippen molar-refractivity contribution in [2.45, 2.75) is 20.3 Å². The van der Waals surface area contributed by atoms with E-state index in [4.69, 9.17) is 9.26 Å². The first-order valence-electron chi connectivity index (χ1n) is 5.46. The van der Waals surface area contributed by atoms with Gasteiger partial charge in [-0.3, -0.25) is 9.59 Å². The molecule has 1 fully saturated rings. The highest BCUT2D eigenvalue weighted by Crippen LogP contribution is 2.38. The third kappa shape index (κ3) is 3.05. The van der Waals surface area contributed by atoms with E-state index in [1.807, 2.05) is 6.92 Å². The van der Waals surface area contributed by atoms with E-state index in [-0.39, 0.29) is 18.5 Å². The number of hydrogen-bond donors (Lipinski definition) is 1. The Labute approximate surface area is 98.3 Å². The summed E-state index contributed by atoms with van der Waals surface area (Å²) in [4.78, 5) is 22.7. The maximum absolute atomic E-state index is 11.4. The first kappa shape index (κ1) is 11.6. The number of ether oxygens (including phenoxy) is 1. The van der Waals surface area contributed by atoms with Gasteiger partial charge in [0.05, 0.1) is 5.92 Å². The van der Waals surface area contributed by atoms with Crippen LogP contribution in [0.1, 0.15) is 19.1 Å². The van der Waals surface area contributed by atoms with Crippen LogP contribution in [0.25, 0.3) is 0 Å². The van der Waals surface area contributed by atoms with E-state index in [1.54, 1.807) is 13.0 Å². The average molecular weight is 238 g/mol. The van der Waals surface area contributed by atoms with Crippen LogP contribution < -0.4 is 5.32 Å². The Bertz CT molecular complexity index is 440. The maximum atomic E-state index is 11.4. The number of nitrogens with zero attached hydrogens (tertiary/aromatic N) is 1. The number of carbonyl (C=O) groups is 2. The van der Waals surface area contributed by atoms with Gasteiger partial charge < -0.3 is 14.6 Å². The molecule has 2 rings (SSSR count). The van der Waals surface area contributed by atoms with Gasteiger partial charge in [0.15, 0.2) is 12.4 Å². The van der Waals surface area contributed by atoms with Gasteiger partial charge in [-0.05, 0) is 19.3 Å². The summed E-state index contributed by atoms with van der Waals surface area (Å²) in [5, 5.41) is 6.06. The van der Waals surface area contributed by atoms with Gasteiger partial charge in [-0.25, -0.2) is 0 Å². The lowest BCUT2D eigenvalue weighted by Crippen LogP contribution is -2.21. The van der Waals surface area contributed by atoms with Gasteiger partial charge in [0.1, 0.15) is 5.76 Å². The molecule has 0 aliphatic heterocycles. The Morgan fingerprint density at radius 2 is 2.35 bits per heavy atom. The van der Waals surface area contributed by atoms with Crippen LogP contribution in [-0.4, -0.2) is 23.6 Å². The number of esters is 1. The molecule has 1 aliphatic carbocycles. The van der Waals surface area contributed by atoms with E-state index in [0.717, 1.165) is 6.42 Å². The molecule has 0 radical (unpaired) electrons. The topological polar surface area (TPSA) is 81.4 Å². The summed E-state index contributed by atoms with van der Waals surface area (Å²) in [5.74, 6) is 0.553. The van der Waals surface area contributed by atoms with Crippen molar-refractivity contribution in [3.63, 3.8) is 0 Å². The predicted octanol–water partition coefficient (Wildman–Crippen LogP) is 1.12. The van der Waals surface area contributed by atoms with Crippen LogP contribution >= 0.6 is 0 Å². The molecule has 0 unspecified atom stereocenters. The van der Waals surface area contributed by atoms with Gasteiger partial charge in [0.25, 0.3) is 5.91 Å². The molecule has 92 valence electrons. The van der Waals surface area contributed by atoms with Crippen LogP contribution in [0.2, 0.25) is 0 Å². The van der Waals surface area contributed by atoms with Crippen molar-refractivity contribution in [3.05, 3.63) is 11.8 Å². The highest BCUT2D eigenvalue weighted by Gasteiger charge is 2.40. The zero-order valence-electron chi connectivity index (χ0n) is 9.73. The number of rotatable bonds is 4. The number of hydrogen-bond acceptors (Lipinski definition) is 5. The molecule has 6 heteroatoms. The van der Waals surface area contributed by atoms with Gasteiger partial charge in [-0.2, -0.15) is 0 Å². The second-order valence-electron chi connectivity index (χ2n) is 4.30. The van der Waals surface area contributed by atoms with Crippen LogP contribution in [0.5, 0.6) is 0 Å². The SMILES string of the molecule is Cc1cc(NC(=O)COC(=O)[C@H]2C[C@H]2C)no1. The van der Waals surface area contributed by atoms with Crippen molar-refractivity contribution in [3.8, 4) is 0 Å². The van der Waals surface area contributed by atoms with Gasteiger partial charge in [-0.15, -0.1) is 0 Å². The summed E-state index contributed by atoms with van der Waals surface area (Å²) in [6.07, 6.45) is 0.850. The number of aromatic nitrogens is 1. The molecular formula is C11H14N2O4. The molecule has 1 aromatic heterocycles. The fraction of sp³-hybridized carbons (Fsp3) is 0.545. The number of carbonyl (C=O) groups excluding carboxylic acids is 2. The molecule has 1 aromatic rings. The quantitative estimate of drug-likeness (QED) is 0.795. The minimum atomic E-state index is -0.417. The molecule has 1 saturated carbocycles. The van der Waals surface area contributed by atoms with E-state index in [2.05, 4.69) is 10.5 Å². The van der Waals surface area contributed by atoms with E-state index in [1.165, 1.54) is 0 Å². The zero-order chi connectivity index (χ0) is 12.4. The Morgan fingerprint density at radius 3 is 2.88 bits per heavy atom. The summed E-state index contributed by atoms with van der Waals surface area (Å²) in [6, 6.07) is 1.59. The highest BCUT2D eigenvalue weighted by atomic mass is 16.5. The van der Waals surface area contributed by atoms with Crippen molar-refractivity contribution in [2.75, 3.05) is 11.9 Å². The average Bonchev–Trinajstić information content (AvgIpc) is 2.87. The molecule has 1 N–H and O–H groups in total. The third-order valence-corrected chi connectivity index (χ3v) is 2.65. The number of nitrogens with one attached hydrogen (secondary N) is 1. The van der Waals surface area contributed by atoms with Crippen molar-refractivity contribution in [1.29, 1.82) is 0 Å². The predicted molar refractivity (Wildman–Crippen MR) is 58.1 cm³/mol. The van der Waals surface area contributed by atoms with Crippen LogP contribution in [0.4, 0.5) is 5.82 Å². The lowest BCUT2D eigenvalue weighted by atomic mass is 10.3. The molecule has 0 aromatic carbocycles. The lowest BCUT2D eigenvalue weighted by molar-refractivity contribution is -0.148. The monoisotopic (exact) mass is 238 g/mol. The Kier molecular flexibility index (Phi) is 3.12. The summed E-state index contributed by atoms with van der Waals surface area (Å²) < 4.78 is 9.65. The molecule has 1 heterocycles. The van der Waals surface area contributed by atoms with E-state index in [0.29, 0.717) is 17.5 Å². The highest BCUT2D eigenvalue weighted by molar-refractivity contribution is 5.92. The second-order valence-corrected chi connectivity index (χ2v) is 4.30. The van der Waals surface area contributed by atoms with Crippen molar-refractivity contribution in [1.82, 2.24) is 5.16 Å². The minimum absolute atomic E-state index is 0.0305. The fourth-order valence-corrected chi connectivity index (χ4v) is 1.50. The fourth-order valence-electron chi connectivity index (χ4n) is 1.50. The van der Waals surface area contributed by atoms with E-state index in [9.17, 15) is 9.59 Å². The van der Waals surface area contributed by atoms with Crippen LogP contribution in [0.3, 0.4) is 0 Å². The van der Waals surface area contributed by atoms with Crippen molar-refractivity contribution in [2.24, 2.45) is 11.8 Å². The van der Waals surface area contributed by atoms with Crippen molar-refractivity contribution >= 4 is 17.7 Å². The van der Waals surface area contributed by atoms with Gasteiger partial charge in [0, 0.05) is 6.07 Å². The molecular weight excluding hydrogens is 224 g/mol. The molecule has 1 aliphatic rings. The largest absolute Gasteiger partial charge is 0.455 e.